The molecule has 0 spiro atoms. The lowest BCUT2D eigenvalue weighted by molar-refractivity contribution is -0.137. The molecule has 2 aromatic heterocycles. The molecule has 0 aliphatic rings. The average Bonchev–Trinajstić information content (AvgIpc) is 3.01. The van der Waals surface area contributed by atoms with Crippen molar-refractivity contribution in [1.29, 1.82) is 0 Å². The van der Waals surface area contributed by atoms with Gasteiger partial charge in [0.1, 0.15) is 11.4 Å². The number of nitrogens with one attached hydrogen (secondary N) is 1. The third-order valence-corrected chi connectivity index (χ3v) is 3.97. The van der Waals surface area contributed by atoms with Crippen LogP contribution in [0, 0.1) is 0 Å². The van der Waals surface area contributed by atoms with Crippen LogP contribution in [0.2, 0.25) is 5.02 Å². The zero-order valence-corrected chi connectivity index (χ0v) is 14.5. The molecule has 0 atom stereocenters. The molecule has 3 rings (SSSR count). The minimum absolute atomic E-state index is 0.0130. The molecule has 0 radical (unpaired) electrons. The summed E-state index contributed by atoms with van der Waals surface area (Å²) in [5.41, 5.74) is 5.17. The summed E-state index contributed by atoms with van der Waals surface area (Å²) in [7, 11) is 1.59. The molecule has 0 aliphatic heterocycles. The Labute approximate surface area is 156 Å². The molecule has 0 saturated heterocycles. The van der Waals surface area contributed by atoms with E-state index < -0.39 is 17.6 Å². The lowest BCUT2D eigenvalue weighted by Crippen LogP contribution is -2.17. The van der Waals surface area contributed by atoms with Gasteiger partial charge in [-0.15, -0.1) is 0 Å². The highest BCUT2D eigenvalue weighted by molar-refractivity contribution is 6.33. The van der Waals surface area contributed by atoms with Gasteiger partial charge in [-0.25, -0.2) is 9.97 Å². The Bertz CT molecular complexity index is 1020. The fourth-order valence-corrected chi connectivity index (χ4v) is 2.54. The number of hydrogen-bond acceptors (Lipinski definition) is 5. The van der Waals surface area contributed by atoms with Crippen molar-refractivity contribution in [1.82, 2.24) is 19.7 Å². The van der Waals surface area contributed by atoms with Crippen LogP contribution in [0.3, 0.4) is 0 Å². The third kappa shape index (κ3) is 3.85. The molecule has 7 nitrogen and oxygen atoms in total. The summed E-state index contributed by atoms with van der Waals surface area (Å²) < 4.78 is 40.1. The van der Waals surface area contributed by atoms with Crippen LogP contribution in [0.15, 0.2) is 36.7 Å². The first-order chi connectivity index (χ1) is 12.7. The van der Waals surface area contributed by atoms with Crippen molar-refractivity contribution in [2.75, 3.05) is 11.1 Å². The highest BCUT2D eigenvalue weighted by Crippen LogP contribution is 2.36. The van der Waals surface area contributed by atoms with Gasteiger partial charge in [0.25, 0.3) is 5.91 Å². The molecule has 3 N–H and O–H groups in total. The number of amides is 1. The van der Waals surface area contributed by atoms with Gasteiger partial charge in [0, 0.05) is 18.8 Å². The number of rotatable bonds is 3. The van der Waals surface area contributed by atoms with Crippen LogP contribution in [0.25, 0.3) is 11.3 Å². The molecule has 0 fully saturated rings. The van der Waals surface area contributed by atoms with Crippen LogP contribution in [-0.2, 0) is 13.2 Å². The molecule has 0 bridgehead atoms. The number of aromatic nitrogens is 4. The minimum Gasteiger partial charge on any atom is -0.382 e. The highest BCUT2D eigenvalue weighted by atomic mass is 35.5. The van der Waals surface area contributed by atoms with E-state index in [4.69, 9.17) is 17.3 Å². The van der Waals surface area contributed by atoms with Crippen LogP contribution in [-0.4, -0.2) is 25.7 Å². The Morgan fingerprint density at radius 2 is 2.04 bits per heavy atom. The summed E-state index contributed by atoms with van der Waals surface area (Å²) in [5.74, 6) is -0.641. The van der Waals surface area contributed by atoms with Crippen molar-refractivity contribution < 1.29 is 18.0 Å². The van der Waals surface area contributed by atoms with Crippen molar-refractivity contribution in [2.24, 2.45) is 7.05 Å². The molecular formula is C16H12ClF3N6O. The molecule has 27 heavy (non-hydrogen) atoms. The second-order valence-corrected chi connectivity index (χ2v) is 5.88. The Morgan fingerprint density at radius 1 is 1.30 bits per heavy atom. The van der Waals surface area contributed by atoms with E-state index in [1.165, 1.54) is 23.1 Å². The normalized spacial score (nSPS) is 11.4. The molecule has 0 unspecified atom stereocenters. The van der Waals surface area contributed by atoms with E-state index in [0.717, 1.165) is 18.2 Å². The van der Waals surface area contributed by atoms with Gasteiger partial charge in [-0.2, -0.15) is 18.3 Å². The topological polar surface area (TPSA) is 98.7 Å². The predicted octanol–water partition coefficient (Wildman–Crippen LogP) is 3.38. The van der Waals surface area contributed by atoms with Crippen molar-refractivity contribution in [2.45, 2.75) is 6.18 Å². The fraction of sp³-hybridized carbons (Fsp3) is 0.125. The Hall–Kier alpha value is -3.14. The average molecular weight is 397 g/mol. The van der Waals surface area contributed by atoms with E-state index in [2.05, 4.69) is 20.4 Å². The predicted molar refractivity (Wildman–Crippen MR) is 93.1 cm³/mol. The van der Waals surface area contributed by atoms with Crippen molar-refractivity contribution in [3.8, 4) is 11.3 Å². The zero-order valence-electron chi connectivity index (χ0n) is 13.8. The van der Waals surface area contributed by atoms with Gasteiger partial charge in [0.15, 0.2) is 11.6 Å². The van der Waals surface area contributed by atoms with Crippen LogP contribution in [0.1, 0.15) is 16.1 Å². The molecule has 1 amide bonds. The summed E-state index contributed by atoms with van der Waals surface area (Å²) in [6.45, 7) is 0. The smallest absolute Gasteiger partial charge is 0.382 e. The van der Waals surface area contributed by atoms with Gasteiger partial charge in [0.2, 0.25) is 0 Å². The number of hydrogen-bond donors (Lipinski definition) is 2. The number of nitrogens with zero attached hydrogens (tertiary/aromatic N) is 4. The number of aryl methyl sites for hydroxylation is 1. The molecule has 11 heteroatoms. The minimum atomic E-state index is -4.54. The maximum absolute atomic E-state index is 12.9. The summed E-state index contributed by atoms with van der Waals surface area (Å²) in [6, 6.07) is 4.32. The largest absolute Gasteiger partial charge is 0.416 e. The van der Waals surface area contributed by atoms with Gasteiger partial charge in [0.05, 0.1) is 16.8 Å². The lowest BCUT2D eigenvalue weighted by atomic mass is 10.1. The molecular weight excluding hydrogens is 385 g/mol. The number of carbonyl (C=O) groups excluding carboxylic acids is 1. The van der Waals surface area contributed by atoms with Crippen molar-refractivity contribution >= 4 is 29.1 Å². The lowest BCUT2D eigenvalue weighted by Gasteiger charge is -2.12. The number of alkyl halides is 3. The zero-order chi connectivity index (χ0) is 19.8. The Morgan fingerprint density at radius 3 is 2.63 bits per heavy atom. The summed E-state index contributed by atoms with van der Waals surface area (Å²) in [4.78, 5) is 20.1. The number of nitrogen functional groups attached to an aromatic ring is 1. The first kappa shape index (κ1) is 18.6. The van der Waals surface area contributed by atoms with Crippen LogP contribution >= 0.6 is 11.6 Å². The number of anilines is 2. The standard InChI is InChI=1S/C16H12ClF3N6O/c1-26-11(4-5-23-26)15(27)25-12-7-22-13(14(21)24-12)9-6-8(16(18,19)20)2-3-10(9)17/h2-7H,1H3,(H3,21,24,25,27). The summed E-state index contributed by atoms with van der Waals surface area (Å²) in [5, 5.41) is 6.40. The third-order valence-electron chi connectivity index (χ3n) is 3.64. The second-order valence-electron chi connectivity index (χ2n) is 5.48. The quantitative estimate of drug-likeness (QED) is 0.707. The maximum atomic E-state index is 12.9. The first-order valence-corrected chi connectivity index (χ1v) is 7.83. The van der Waals surface area contributed by atoms with Crippen molar-refractivity contribution in [3.05, 3.63) is 52.9 Å². The molecule has 140 valence electrons. The Balaban J connectivity index is 1.92. The molecule has 2 heterocycles. The monoisotopic (exact) mass is 396 g/mol. The number of halogens is 4. The number of benzene rings is 1. The van der Waals surface area contributed by atoms with Gasteiger partial charge in [-0.1, -0.05) is 11.6 Å². The van der Waals surface area contributed by atoms with Crippen molar-refractivity contribution in [3.63, 3.8) is 0 Å². The van der Waals surface area contributed by atoms with E-state index in [-0.39, 0.29) is 33.6 Å². The SMILES string of the molecule is Cn1nccc1C(=O)Nc1cnc(-c2cc(C(F)(F)F)ccc2Cl)c(N)n1. The summed E-state index contributed by atoms with van der Waals surface area (Å²) in [6.07, 6.45) is -1.91. The maximum Gasteiger partial charge on any atom is 0.416 e. The van der Waals surface area contributed by atoms with Gasteiger partial charge >= 0.3 is 6.18 Å². The molecule has 3 aromatic rings. The number of carbonyl (C=O) groups is 1. The van der Waals surface area contributed by atoms with Crippen LogP contribution < -0.4 is 11.1 Å². The van der Waals surface area contributed by atoms with Gasteiger partial charge in [-0.3, -0.25) is 9.48 Å². The van der Waals surface area contributed by atoms with E-state index in [0.29, 0.717) is 0 Å². The van der Waals surface area contributed by atoms with Gasteiger partial charge < -0.3 is 11.1 Å². The van der Waals surface area contributed by atoms with E-state index in [1.807, 2.05) is 0 Å². The van der Waals surface area contributed by atoms with Crippen LogP contribution in [0.5, 0.6) is 0 Å². The Kier molecular flexibility index (Phi) is 4.75. The number of nitrogens with two attached hydrogens (primary N) is 1. The fourth-order valence-electron chi connectivity index (χ4n) is 2.33. The molecule has 1 aromatic carbocycles. The van der Waals surface area contributed by atoms with E-state index in [9.17, 15) is 18.0 Å². The van der Waals surface area contributed by atoms with Crippen LogP contribution in [0.4, 0.5) is 24.8 Å². The summed E-state index contributed by atoms with van der Waals surface area (Å²) >= 11 is 5.99. The molecule has 0 aliphatic carbocycles. The first-order valence-electron chi connectivity index (χ1n) is 7.46. The molecule has 0 saturated carbocycles. The van der Waals surface area contributed by atoms with Gasteiger partial charge in [-0.05, 0) is 24.3 Å². The second kappa shape index (κ2) is 6.88. The van der Waals surface area contributed by atoms with E-state index in [1.54, 1.807) is 7.05 Å². The van der Waals surface area contributed by atoms with E-state index >= 15 is 0 Å². The highest BCUT2D eigenvalue weighted by Gasteiger charge is 2.31.